The van der Waals surface area contributed by atoms with Gasteiger partial charge in [-0.25, -0.2) is 0 Å². The number of nitrogens with one attached hydrogen (secondary N) is 2. The number of hydrogen-bond acceptors (Lipinski definition) is 3. The molecule has 1 aliphatic rings. The van der Waals surface area contributed by atoms with Crippen LogP contribution in [-0.2, 0) is 9.59 Å². The maximum atomic E-state index is 12.4. The normalized spacial score (nSPS) is 18.4. The standard InChI is InChI=1S/C19H19ClN2O3/c1-11-16(20)7-4-8-17(11)22-19(24)15-10-14(15)18(23)21-12-5-3-6-13(9-12)25-2/h3-9,14-15H,10H2,1-2H3,(H,21,23)(H,22,24). The van der Waals surface area contributed by atoms with Gasteiger partial charge in [0.15, 0.2) is 0 Å². The first-order chi connectivity index (χ1) is 12.0. The molecule has 1 saturated carbocycles. The number of halogens is 1. The molecule has 0 spiro atoms. The number of carbonyl (C=O) groups is 2. The molecule has 2 atom stereocenters. The first kappa shape index (κ1) is 17.3. The minimum Gasteiger partial charge on any atom is -0.497 e. The second-order valence-corrected chi connectivity index (χ2v) is 6.48. The third-order valence-electron chi connectivity index (χ3n) is 4.33. The van der Waals surface area contributed by atoms with E-state index in [0.29, 0.717) is 28.6 Å². The molecule has 2 aromatic carbocycles. The number of methoxy groups -OCH3 is 1. The van der Waals surface area contributed by atoms with E-state index in [1.807, 2.05) is 6.92 Å². The van der Waals surface area contributed by atoms with Gasteiger partial charge in [0.05, 0.1) is 18.9 Å². The Morgan fingerprint density at radius 2 is 1.76 bits per heavy atom. The number of hydrogen-bond donors (Lipinski definition) is 2. The highest BCUT2D eigenvalue weighted by Gasteiger charge is 2.48. The first-order valence-electron chi connectivity index (χ1n) is 8.00. The highest BCUT2D eigenvalue weighted by atomic mass is 35.5. The fourth-order valence-electron chi connectivity index (χ4n) is 2.68. The van der Waals surface area contributed by atoms with E-state index in [9.17, 15) is 9.59 Å². The van der Waals surface area contributed by atoms with Gasteiger partial charge >= 0.3 is 0 Å². The van der Waals surface area contributed by atoms with Crippen molar-refractivity contribution in [3.63, 3.8) is 0 Å². The summed E-state index contributed by atoms with van der Waals surface area (Å²) in [7, 11) is 1.57. The fourth-order valence-corrected chi connectivity index (χ4v) is 2.85. The van der Waals surface area contributed by atoms with Crippen molar-refractivity contribution in [2.75, 3.05) is 17.7 Å². The lowest BCUT2D eigenvalue weighted by Crippen LogP contribution is -2.21. The lowest BCUT2D eigenvalue weighted by Gasteiger charge is -2.10. The number of rotatable bonds is 5. The predicted molar refractivity (Wildman–Crippen MR) is 98.0 cm³/mol. The van der Waals surface area contributed by atoms with Crippen molar-refractivity contribution in [2.45, 2.75) is 13.3 Å². The van der Waals surface area contributed by atoms with Crippen LogP contribution in [0.4, 0.5) is 11.4 Å². The zero-order valence-corrected chi connectivity index (χ0v) is 14.8. The predicted octanol–water partition coefficient (Wildman–Crippen LogP) is 3.87. The molecule has 0 aromatic heterocycles. The molecule has 2 unspecified atom stereocenters. The van der Waals surface area contributed by atoms with Crippen LogP contribution in [0.1, 0.15) is 12.0 Å². The second kappa shape index (κ2) is 7.15. The number of amides is 2. The van der Waals surface area contributed by atoms with E-state index in [-0.39, 0.29) is 23.7 Å². The number of benzene rings is 2. The third kappa shape index (κ3) is 3.94. The van der Waals surface area contributed by atoms with Gasteiger partial charge in [0, 0.05) is 22.5 Å². The van der Waals surface area contributed by atoms with E-state index >= 15 is 0 Å². The Labute approximate surface area is 151 Å². The molecule has 0 saturated heterocycles. The van der Waals surface area contributed by atoms with Crippen molar-refractivity contribution >= 4 is 34.8 Å². The molecule has 25 heavy (non-hydrogen) atoms. The van der Waals surface area contributed by atoms with Crippen molar-refractivity contribution in [2.24, 2.45) is 11.8 Å². The van der Waals surface area contributed by atoms with Gasteiger partial charge in [-0.2, -0.15) is 0 Å². The molecule has 2 amide bonds. The molecule has 3 rings (SSSR count). The van der Waals surface area contributed by atoms with Gasteiger partial charge in [0.1, 0.15) is 5.75 Å². The molecule has 0 radical (unpaired) electrons. The minimum absolute atomic E-state index is 0.156. The molecule has 0 aliphatic heterocycles. The minimum atomic E-state index is -0.316. The Morgan fingerprint density at radius 3 is 2.48 bits per heavy atom. The number of anilines is 2. The summed E-state index contributed by atoms with van der Waals surface area (Å²) < 4.78 is 5.13. The molecular weight excluding hydrogens is 340 g/mol. The van der Waals surface area contributed by atoms with E-state index in [1.54, 1.807) is 49.6 Å². The lowest BCUT2D eigenvalue weighted by molar-refractivity contribution is -0.122. The summed E-state index contributed by atoms with van der Waals surface area (Å²) in [5.74, 6) is -0.276. The van der Waals surface area contributed by atoms with Crippen molar-refractivity contribution in [3.05, 3.63) is 53.1 Å². The van der Waals surface area contributed by atoms with Crippen LogP contribution in [0.15, 0.2) is 42.5 Å². The highest BCUT2D eigenvalue weighted by molar-refractivity contribution is 6.31. The van der Waals surface area contributed by atoms with Gasteiger partial charge in [-0.15, -0.1) is 0 Å². The van der Waals surface area contributed by atoms with Gasteiger partial charge in [-0.05, 0) is 43.2 Å². The smallest absolute Gasteiger partial charge is 0.228 e. The second-order valence-electron chi connectivity index (χ2n) is 6.07. The van der Waals surface area contributed by atoms with E-state index in [4.69, 9.17) is 16.3 Å². The molecular formula is C19H19ClN2O3. The van der Waals surface area contributed by atoms with Crippen LogP contribution in [0.3, 0.4) is 0 Å². The zero-order chi connectivity index (χ0) is 18.0. The Balaban J connectivity index is 1.59. The SMILES string of the molecule is COc1cccc(NC(=O)C2CC2C(=O)Nc2cccc(Cl)c2C)c1. The Morgan fingerprint density at radius 1 is 1.08 bits per heavy atom. The molecule has 2 aromatic rings. The summed E-state index contributed by atoms with van der Waals surface area (Å²) in [5.41, 5.74) is 2.15. The zero-order valence-electron chi connectivity index (χ0n) is 14.0. The Kier molecular flexibility index (Phi) is 4.95. The monoisotopic (exact) mass is 358 g/mol. The average Bonchev–Trinajstić information content (AvgIpc) is 3.40. The van der Waals surface area contributed by atoms with Crippen LogP contribution in [0.5, 0.6) is 5.75 Å². The maximum Gasteiger partial charge on any atom is 0.228 e. The summed E-state index contributed by atoms with van der Waals surface area (Å²) in [6.07, 6.45) is 0.543. The fraction of sp³-hybridized carbons (Fsp3) is 0.263. The first-order valence-corrected chi connectivity index (χ1v) is 8.38. The summed E-state index contributed by atoms with van der Waals surface area (Å²) in [6, 6.07) is 12.5. The van der Waals surface area contributed by atoms with Crippen LogP contribution in [-0.4, -0.2) is 18.9 Å². The van der Waals surface area contributed by atoms with Crippen LogP contribution in [0.2, 0.25) is 5.02 Å². The van der Waals surface area contributed by atoms with E-state index in [1.165, 1.54) is 0 Å². The lowest BCUT2D eigenvalue weighted by atomic mass is 10.2. The summed E-state index contributed by atoms with van der Waals surface area (Å²) in [5, 5.41) is 6.28. The Bertz CT molecular complexity index is 822. The molecule has 2 N–H and O–H groups in total. The molecule has 1 aliphatic carbocycles. The number of ether oxygens (including phenoxy) is 1. The maximum absolute atomic E-state index is 12.4. The molecule has 5 nitrogen and oxygen atoms in total. The third-order valence-corrected chi connectivity index (χ3v) is 4.74. The Hall–Kier alpha value is -2.53. The molecule has 1 fully saturated rings. The number of carbonyl (C=O) groups excluding carboxylic acids is 2. The summed E-state index contributed by atoms with van der Waals surface area (Å²) in [6.45, 7) is 1.85. The van der Waals surface area contributed by atoms with Crippen molar-refractivity contribution in [3.8, 4) is 5.75 Å². The molecule has 0 heterocycles. The van der Waals surface area contributed by atoms with Crippen LogP contribution < -0.4 is 15.4 Å². The molecule has 6 heteroatoms. The van der Waals surface area contributed by atoms with E-state index in [0.717, 1.165) is 5.56 Å². The molecule has 0 bridgehead atoms. The summed E-state index contributed by atoms with van der Waals surface area (Å²) in [4.78, 5) is 24.7. The van der Waals surface area contributed by atoms with Crippen LogP contribution in [0, 0.1) is 18.8 Å². The topological polar surface area (TPSA) is 67.4 Å². The van der Waals surface area contributed by atoms with Crippen molar-refractivity contribution in [1.82, 2.24) is 0 Å². The summed E-state index contributed by atoms with van der Waals surface area (Å²) >= 11 is 6.06. The van der Waals surface area contributed by atoms with Gasteiger partial charge < -0.3 is 15.4 Å². The van der Waals surface area contributed by atoms with Crippen LogP contribution >= 0.6 is 11.6 Å². The van der Waals surface area contributed by atoms with Crippen molar-refractivity contribution in [1.29, 1.82) is 0 Å². The van der Waals surface area contributed by atoms with Gasteiger partial charge in [0.2, 0.25) is 11.8 Å². The van der Waals surface area contributed by atoms with Crippen LogP contribution in [0.25, 0.3) is 0 Å². The van der Waals surface area contributed by atoms with Gasteiger partial charge in [-0.1, -0.05) is 23.7 Å². The molecule has 130 valence electrons. The van der Waals surface area contributed by atoms with Gasteiger partial charge in [0.25, 0.3) is 0 Å². The van der Waals surface area contributed by atoms with E-state index < -0.39 is 0 Å². The highest BCUT2D eigenvalue weighted by Crippen LogP contribution is 2.40. The van der Waals surface area contributed by atoms with Crippen molar-refractivity contribution < 1.29 is 14.3 Å². The van der Waals surface area contributed by atoms with Gasteiger partial charge in [-0.3, -0.25) is 9.59 Å². The average molecular weight is 359 g/mol. The largest absolute Gasteiger partial charge is 0.497 e. The van der Waals surface area contributed by atoms with E-state index in [2.05, 4.69) is 10.6 Å². The quantitative estimate of drug-likeness (QED) is 0.852.